The van der Waals surface area contributed by atoms with Gasteiger partial charge in [-0.25, -0.2) is 4.39 Å². The van der Waals surface area contributed by atoms with Crippen LogP contribution in [0, 0.1) is 5.82 Å². The van der Waals surface area contributed by atoms with E-state index in [1.807, 2.05) is 18.2 Å². The number of amides is 1. The fourth-order valence-electron chi connectivity index (χ4n) is 1.58. The number of benzene rings is 2. The van der Waals surface area contributed by atoms with E-state index in [0.29, 0.717) is 5.69 Å². The Morgan fingerprint density at radius 2 is 1.95 bits per heavy atom. The summed E-state index contributed by atoms with van der Waals surface area (Å²) >= 11 is 5.84. The highest BCUT2D eigenvalue weighted by molar-refractivity contribution is 6.32. The number of hydrogen-bond donors (Lipinski definition) is 1. The van der Waals surface area contributed by atoms with Gasteiger partial charge in [0.25, 0.3) is 5.91 Å². The zero-order chi connectivity index (χ0) is 14.5. The largest absolute Gasteiger partial charge is 0.479 e. The Morgan fingerprint density at radius 3 is 2.60 bits per heavy atom. The van der Waals surface area contributed by atoms with Gasteiger partial charge < -0.3 is 10.1 Å². The molecule has 0 fully saturated rings. The molecule has 1 atom stereocenters. The number of carbonyl (C=O) groups excluding carboxylic acids is 1. The standard InChI is InChI=1S/C15H13ClFNO2/c1-10(15(19)18-12-5-3-2-4-6-12)20-14-8-7-11(17)9-13(14)16/h2-10H,1H3,(H,18,19)/t10-/m1/s1. The van der Waals surface area contributed by atoms with E-state index in [9.17, 15) is 9.18 Å². The number of rotatable bonds is 4. The molecule has 0 saturated carbocycles. The quantitative estimate of drug-likeness (QED) is 0.929. The number of carbonyl (C=O) groups is 1. The molecule has 0 aliphatic rings. The second-order valence-electron chi connectivity index (χ2n) is 4.19. The van der Waals surface area contributed by atoms with Crippen LogP contribution in [-0.2, 0) is 4.79 Å². The minimum Gasteiger partial charge on any atom is -0.479 e. The van der Waals surface area contributed by atoms with Crippen molar-refractivity contribution < 1.29 is 13.9 Å². The molecule has 2 aromatic carbocycles. The Labute approximate surface area is 121 Å². The maximum atomic E-state index is 12.9. The molecule has 0 aromatic heterocycles. The third-order valence-electron chi connectivity index (χ3n) is 2.61. The summed E-state index contributed by atoms with van der Waals surface area (Å²) in [6.45, 7) is 1.60. The SMILES string of the molecule is C[C@@H](Oc1ccc(F)cc1Cl)C(=O)Nc1ccccc1. The van der Waals surface area contributed by atoms with Crippen molar-refractivity contribution in [3.63, 3.8) is 0 Å². The Hall–Kier alpha value is -2.07. The highest BCUT2D eigenvalue weighted by atomic mass is 35.5. The summed E-state index contributed by atoms with van der Waals surface area (Å²) in [5.74, 6) is -0.496. The van der Waals surface area contributed by atoms with Gasteiger partial charge in [0.2, 0.25) is 0 Å². The molecule has 2 rings (SSSR count). The van der Waals surface area contributed by atoms with E-state index < -0.39 is 11.9 Å². The van der Waals surface area contributed by atoms with E-state index in [-0.39, 0.29) is 16.7 Å². The third kappa shape index (κ3) is 3.71. The van der Waals surface area contributed by atoms with Gasteiger partial charge in [0.15, 0.2) is 6.10 Å². The van der Waals surface area contributed by atoms with Crippen molar-refractivity contribution in [1.29, 1.82) is 0 Å². The zero-order valence-corrected chi connectivity index (χ0v) is 11.5. The molecule has 20 heavy (non-hydrogen) atoms. The van der Waals surface area contributed by atoms with Crippen LogP contribution in [0.5, 0.6) is 5.75 Å². The van der Waals surface area contributed by atoms with Crippen LogP contribution in [0.4, 0.5) is 10.1 Å². The second kappa shape index (κ2) is 6.39. The lowest BCUT2D eigenvalue weighted by molar-refractivity contribution is -0.122. The lowest BCUT2D eigenvalue weighted by Crippen LogP contribution is -2.30. The van der Waals surface area contributed by atoms with E-state index in [0.717, 1.165) is 6.07 Å². The predicted molar refractivity (Wildman–Crippen MR) is 76.6 cm³/mol. The van der Waals surface area contributed by atoms with E-state index >= 15 is 0 Å². The predicted octanol–water partition coefficient (Wildman–Crippen LogP) is 3.89. The molecule has 0 saturated heterocycles. The second-order valence-corrected chi connectivity index (χ2v) is 4.60. The van der Waals surface area contributed by atoms with Gasteiger partial charge in [0.1, 0.15) is 11.6 Å². The number of anilines is 1. The first-order valence-corrected chi connectivity index (χ1v) is 6.41. The number of ether oxygens (including phenoxy) is 1. The summed E-state index contributed by atoms with van der Waals surface area (Å²) in [7, 11) is 0. The summed E-state index contributed by atoms with van der Waals surface area (Å²) in [5, 5.41) is 2.84. The average molecular weight is 294 g/mol. The number of para-hydroxylation sites is 1. The lowest BCUT2D eigenvalue weighted by Gasteiger charge is -2.15. The molecule has 0 aliphatic heterocycles. The smallest absolute Gasteiger partial charge is 0.265 e. The van der Waals surface area contributed by atoms with Crippen LogP contribution in [-0.4, -0.2) is 12.0 Å². The van der Waals surface area contributed by atoms with Gasteiger partial charge in [-0.3, -0.25) is 4.79 Å². The van der Waals surface area contributed by atoms with Gasteiger partial charge in [-0.2, -0.15) is 0 Å². The van der Waals surface area contributed by atoms with Crippen LogP contribution in [0.1, 0.15) is 6.92 Å². The van der Waals surface area contributed by atoms with Crippen molar-refractivity contribution >= 4 is 23.2 Å². The fraction of sp³-hybridized carbons (Fsp3) is 0.133. The molecule has 0 aliphatic carbocycles. The van der Waals surface area contributed by atoms with Crippen LogP contribution >= 0.6 is 11.6 Å². The van der Waals surface area contributed by atoms with E-state index in [1.165, 1.54) is 12.1 Å². The molecule has 104 valence electrons. The van der Waals surface area contributed by atoms with Crippen LogP contribution in [0.2, 0.25) is 5.02 Å². The van der Waals surface area contributed by atoms with Crippen molar-refractivity contribution in [2.75, 3.05) is 5.32 Å². The van der Waals surface area contributed by atoms with Crippen molar-refractivity contribution in [2.24, 2.45) is 0 Å². The summed E-state index contributed by atoms with van der Waals surface area (Å²) in [6.07, 6.45) is -0.752. The molecule has 0 bridgehead atoms. The van der Waals surface area contributed by atoms with E-state index in [1.54, 1.807) is 19.1 Å². The van der Waals surface area contributed by atoms with Crippen LogP contribution < -0.4 is 10.1 Å². The van der Waals surface area contributed by atoms with Crippen LogP contribution in [0.25, 0.3) is 0 Å². The highest BCUT2D eigenvalue weighted by Gasteiger charge is 2.16. The Bertz CT molecular complexity index is 604. The zero-order valence-electron chi connectivity index (χ0n) is 10.8. The highest BCUT2D eigenvalue weighted by Crippen LogP contribution is 2.26. The minimum absolute atomic E-state index is 0.129. The summed E-state index contributed by atoms with van der Waals surface area (Å²) in [4.78, 5) is 11.9. The molecule has 0 heterocycles. The molecule has 0 unspecified atom stereocenters. The number of nitrogens with one attached hydrogen (secondary N) is 1. The first-order valence-electron chi connectivity index (χ1n) is 6.04. The Morgan fingerprint density at radius 1 is 1.25 bits per heavy atom. The summed E-state index contributed by atoms with van der Waals surface area (Å²) in [6, 6.07) is 12.8. The normalized spacial score (nSPS) is 11.8. The fourth-order valence-corrected chi connectivity index (χ4v) is 1.79. The number of halogens is 2. The third-order valence-corrected chi connectivity index (χ3v) is 2.90. The monoisotopic (exact) mass is 293 g/mol. The summed E-state index contributed by atoms with van der Waals surface area (Å²) < 4.78 is 18.3. The Balaban J connectivity index is 2.00. The average Bonchev–Trinajstić information content (AvgIpc) is 2.43. The molecule has 0 spiro atoms. The van der Waals surface area contributed by atoms with E-state index in [4.69, 9.17) is 16.3 Å². The van der Waals surface area contributed by atoms with Gasteiger partial charge in [-0.05, 0) is 37.3 Å². The number of hydrogen-bond acceptors (Lipinski definition) is 2. The van der Waals surface area contributed by atoms with Crippen molar-refractivity contribution in [3.8, 4) is 5.75 Å². The van der Waals surface area contributed by atoms with Gasteiger partial charge in [-0.15, -0.1) is 0 Å². The molecule has 2 aromatic rings. The molecule has 1 amide bonds. The van der Waals surface area contributed by atoms with Crippen molar-refractivity contribution in [1.82, 2.24) is 0 Å². The molecule has 0 radical (unpaired) electrons. The summed E-state index contributed by atoms with van der Waals surface area (Å²) in [5.41, 5.74) is 0.679. The molecule has 3 nitrogen and oxygen atoms in total. The van der Waals surface area contributed by atoms with Gasteiger partial charge in [-0.1, -0.05) is 29.8 Å². The lowest BCUT2D eigenvalue weighted by atomic mass is 10.3. The molecular formula is C15H13ClFNO2. The minimum atomic E-state index is -0.752. The first kappa shape index (κ1) is 14.3. The van der Waals surface area contributed by atoms with Crippen molar-refractivity contribution in [3.05, 3.63) is 59.4 Å². The van der Waals surface area contributed by atoms with Crippen LogP contribution in [0.15, 0.2) is 48.5 Å². The van der Waals surface area contributed by atoms with Crippen molar-refractivity contribution in [2.45, 2.75) is 13.0 Å². The molecular weight excluding hydrogens is 281 g/mol. The van der Waals surface area contributed by atoms with Crippen LogP contribution in [0.3, 0.4) is 0 Å². The molecule has 5 heteroatoms. The first-order chi connectivity index (χ1) is 9.56. The maximum absolute atomic E-state index is 12.9. The topological polar surface area (TPSA) is 38.3 Å². The maximum Gasteiger partial charge on any atom is 0.265 e. The van der Waals surface area contributed by atoms with Gasteiger partial charge in [0, 0.05) is 5.69 Å². The molecule has 1 N–H and O–H groups in total. The van der Waals surface area contributed by atoms with Gasteiger partial charge in [0.05, 0.1) is 5.02 Å². The van der Waals surface area contributed by atoms with Gasteiger partial charge >= 0.3 is 0 Å². The van der Waals surface area contributed by atoms with E-state index in [2.05, 4.69) is 5.32 Å². The Kier molecular flexibility index (Phi) is 4.58.